The number of hydrogen-bond acceptors (Lipinski definition) is 3. The van der Waals surface area contributed by atoms with Gasteiger partial charge >= 0.3 is 0 Å². The summed E-state index contributed by atoms with van der Waals surface area (Å²) in [5, 5.41) is 2.86. The minimum absolute atomic E-state index is 0.142. The van der Waals surface area contributed by atoms with Crippen LogP contribution in [0.15, 0.2) is 54.6 Å². The topological polar surface area (TPSA) is 41.6 Å². The van der Waals surface area contributed by atoms with E-state index < -0.39 is 0 Å². The van der Waals surface area contributed by atoms with Gasteiger partial charge in [-0.3, -0.25) is 9.69 Å². The van der Waals surface area contributed by atoms with Crippen LogP contribution in [0.2, 0.25) is 0 Å². The third-order valence-electron chi connectivity index (χ3n) is 4.47. The number of ether oxygens (including phenoxy) is 1. The zero-order valence-corrected chi connectivity index (χ0v) is 14.9. The van der Waals surface area contributed by atoms with Crippen LogP contribution in [0.3, 0.4) is 0 Å². The first kappa shape index (κ1) is 19.2. The molecule has 0 spiro atoms. The van der Waals surface area contributed by atoms with Gasteiger partial charge in [-0.05, 0) is 41.5 Å². The third kappa shape index (κ3) is 5.70. The van der Waals surface area contributed by atoms with Crippen LogP contribution < -0.4 is 5.32 Å². The second kappa shape index (κ2) is 9.39. The fraction of sp³-hybridized carbons (Fsp3) is 0.286. The number of nitrogens with one attached hydrogen (secondary N) is 1. The van der Waals surface area contributed by atoms with Crippen LogP contribution in [0.25, 0.3) is 6.08 Å². The number of halogens is 2. The molecule has 1 saturated heterocycles. The molecule has 27 heavy (non-hydrogen) atoms. The summed E-state index contributed by atoms with van der Waals surface area (Å²) in [4.78, 5) is 14.4. The van der Waals surface area contributed by atoms with Gasteiger partial charge in [0.25, 0.3) is 0 Å². The van der Waals surface area contributed by atoms with Crippen molar-refractivity contribution in [3.63, 3.8) is 0 Å². The maximum absolute atomic E-state index is 13.7. The summed E-state index contributed by atoms with van der Waals surface area (Å²) < 4.78 is 32.2. The van der Waals surface area contributed by atoms with Gasteiger partial charge in [-0.15, -0.1) is 0 Å². The molecule has 1 unspecified atom stereocenters. The van der Waals surface area contributed by atoms with Crippen molar-refractivity contribution in [3.05, 3.63) is 77.4 Å². The molecule has 2 aromatic carbocycles. The van der Waals surface area contributed by atoms with E-state index in [1.165, 1.54) is 30.3 Å². The number of hydrogen-bond donors (Lipinski definition) is 1. The largest absolute Gasteiger partial charge is 0.379 e. The first-order chi connectivity index (χ1) is 13.1. The molecule has 1 amide bonds. The Morgan fingerprint density at radius 1 is 1.11 bits per heavy atom. The molecule has 1 atom stereocenters. The SMILES string of the molecule is O=C(/C=C/c1cccc(F)c1)NCC(c1cccc(F)c1)N1CCOCC1. The Morgan fingerprint density at radius 3 is 2.52 bits per heavy atom. The molecule has 1 N–H and O–H groups in total. The number of nitrogens with zero attached hydrogens (tertiary/aromatic N) is 1. The number of carbonyl (C=O) groups is 1. The number of carbonyl (C=O) groups excluding carboxylic acids is 1. The monoisotopic (exact) mass is 372 g/mol. The van der Waals surface area contributed by atoms with Gasteiger partial charge in [0.1, 0.15) is 11.6 Å². The van der Waals surface area contributed by atoms with Gasteiger partial charge in [0.2, 0.25) is 5.91 Å². The number of benzene rings is 2. The smallest absolute Gasteiger partial charge is 0.244 e. The Hall–Kier alpha value is -2.57. The van der Waals surface area contributed by atoms with Crippen LogP contribution in [0.4, 0.5) is 8.78 Å². The van der Waals surface area contributed by atoms with Gasteiger partial charge in [-0.1, -0.05) is 24.3 Å². The van der Waals surface area contributed by atoms with Crippen LogP contribution in [0.1, 0.15) is 17.2 Å². The first-order valence-electron chi connectivity index (χ1n) is 8.90. The van der Waals surface area contributed by atoms with Crippen LogP contribution in [0, 0.1) is 11.6 Å². The van der Waals surface area contributed by atoms with Crippen molar-refractivity contribution in [1.29, 1.82) is 0 Å². The summed E-state index contributed by atoms with van der Waals surface area (Å²) in [7, 11) is 0. The van der Waals surface area contributed by atoms with Crippen LogP contribution in [0.5, 0.6) is 0 Å². The molecule has 1 heterocycles. The fourth-order valence-electron chi connectivity index (χ4n) is 3.10. The third-order valence-corrected chi connectivity index (χ3v) is 4.47. The van der Waals surface area contributed by atoms with Crippen LogP contribution in [-0.4, -0.2) is 43.7 Å². The summed E-state index contributed by atoms with van der Waals surface area (Å²) >= 11 is 0. The molecule has 1 fully saturated rings. The fourth-order valence-corrected chi connectivity index (χ4v) is 3.10. The highest BCUT2D eigenvalue weighted by Crippen LogP contribution is 2.22. The Kier molecular flexibility index (Phi) is 6.68. The number of rotatable bonds is 6. The lowest BCUT2D eigenvalue weighted by Gasteiger charge is -2.34. The molecule has 0 radical (unpaired) electrons. The van der Waals surface area contributed by atoms with E-state index in [9.17, 15) is 13.6 Å². The Bertz CT molecular complexity index is 804. The van der Waals surface area contributed by atoms with Crippen molar-refractivity contribution in [3.8, 4) is 0 Å². The first-order valence-corrected chi connectivity index (χ1v) is 8.90. The lowest BCUT2D eigenvalue weighted by atomic mass is 10.0. The molecule has 6 heteroatoms. The Morgan fingerprint density at radius 2 is 1.81 bits per heavy atom. The lowest BCUT2D eigenvalue weighted by Crippen LogP contribution is -2.43. The van der Waals surface area contributed by atoms with Crippen molar-refractivity contribution in [2.75, 3.05) is 32.8 Å². The van der Waals surface area contributed by atoms with E-state index in [1.807, 2.05) is 6.07 Å². The molecule has 142 valence electrons. The molecule has 2 aromatic rings. The van der Waals surface area contributed by atoms with E-state index in [0.717, 1.165) is 18.7 Å². The molecular formula is C21H22F2N2O2. The highest BCUT2D eigenvalue weighted by molar-refractivity contribution is 5.91. The average Bonchev–Trinajstić information content (AvgIpc) is 2.67. The van der Waals surface area contributed by atoms with E-state index >= 15 is 0 Å². The highest BCUT2D eigenvalue weighted by atomic mass is 19.1. The summed E-state index contributed by atoms with van der Waals surface area (Å²) in [5.41, 5.74) is 1.42. The zero-order valence-electron chi connectivity index (χ0n) is 14.9. The molecule has 1 aliphatic heterocycles. The maximum Gasteiger partial charge on any atom is 0.244 e. The van der Waals surface area contributed by atoms with Crippen molar-refractivity contribution in [1.82, 2.24) is 10.2 Å². The molecule has 0 aromatic heterocycles. The van der Waals surface area contributed by atoms with Gasteiger partial charge in [-0.2, -0.15) is 0 Å². The molecule has 4 nitrogen and oxygen atoms in total. The van der Waals surface area contributed by atoms with E-state index in [4.69, 9.17) is 4.74 Å². The van der Waals surface area contributed by atoms with Crippen molar-refractivity contribution >= 4 is 12.0 Å². The molecule has 0 bridgehead atoms. The number of amides is 1. The molecular weight excluding hydrogens is 350 g/mol. The molecule has 0 aliphatic carbocycles. The number of morpholine rings is 1. The minimum atomic E-state index is -0.351. The normalized spacial score (nSPS) is 16.4. The summed E-state index contributed by atoms with van der Waals surface area (Å²) in [6.07, 6.45) is 2.93. The van der Waals surface area contributed by atoms with Gasteiger partial charge < -0.3 is 10.1 Å². The van der Waals surface area contributed by atoms with Gasteiger partial charge in [0.05, 0.1) is 19.3 Å². The predicted molar refractivity (Wildman–Crippen MR) is 100.0 cm³/mol. The van der Waals surface area contributed by atoms with Gasteiger partial charge in [-0.25, -0.2) is 8.78 Å². The van der Waals surface area contributed by atoms with E-state index in [2.05, 4.69) is 10.2 Å². The van der Waals surface area contributed by atoms with Crippen LogP contribution in [-0.2, 0) is 9.53 Å². The van der Waals surface area contributed by atoms with Crippen molar-refractivity contribution in [2.45, 2.75) is 6.04 Å². The van der Waals surface area contributed by atoms with Crippen molar-refractivity contribution < 1.29 is 18.3 Å². The highest BCUT2D eigenvalue weighted by Gasteiger charge is 2.23. The zero-order chi connectivity index (χ0) is 19.1. The summed E-state index contributed by atoms with van der Waals surface area (Å²) in [6.45, 7) is 3.00. The van der Waals surface area contributed by atoms with Crippen LogP contribution >= 0.6 is 0 Å². The molecule has 1 aliphatic rings. The van der Waals surface area contributed by atoms with E-state index in [0.29, 0.717) is 25.3 Å². The summed E-state index contributed by atoms with van der Waals surface area (Å²) in [5.74, 6) is -0.937. The van der Waals surface area contributed by atoms with E-state index in [1.54, 1.807) is 24.3 Å². The lowest BCUT2D eigenvalue weighted by molar-refractivity contribution is -0.116. The quantitative estimate of drug-likeness (QED) is 0.792. The summed E-state index contributed by atoms with van der Waals surface area (Å²) in [6, 6.07) is 12.3. The predicted octanol–water partition coefficient (Wildman–Crippen LogP) is 3.17. The average molecular weight is 372 g/mol. The standard InChI is InChI=1S/C21H22F2N2O2/c22-18-5-1-3-16(13-18)7-8-21(26)24-15-20(25-9-11-27-12-10-25)17-4-2-6-19(23)14-17/h1-8,13-14,20H,9-12,15H2,(H,24,26)/b8-7+. The molecule has 0 saturated carbocycles. The van der Waals surface area contributed by atoms with Crippen molar-refractivity contribution in [2.24, 2.45) is 0 Å². The van der Waals surface area contributed by atoms with E-state index in [-0.39, 0.29) is 23.6 Å². The molecule has 3 rings (SSSR count). The second-order valence-electron chi connectivity index (χ2n) is 6.35. The maximum atomic E-state index is 13.7. The Balaban J connectivity index is 1.65. The van der Waals surface area contributed by atoms with Gasteiger partial charge in [0.15, 0.2) is 0 Å². The second-order valence-corrected chi connectivity index (χ2v) is 6.35. The van der Waals surface area contributed by atoms with Gasteiger partial charge in [0, 0.05) is 25.7 Å². The minimum Gasteiger partial charge on any atom is -0.379 e. The Labute approximate surface area is 157 Å².